The summed E-state index contributed by atoms with van der Waals surface area (Å²) in [4.78, 5) is 30.2. The molecule has 1 amide bonds. The molecule has 3 rings (SSSR count). The van der Waals surface area contributed by atoms with Gasteiger partial charge in [0, 0.05) is 17.6 Å². The number of hydrogen-bond acceptors (Lipinski definition) is 3. The average molecular weight is 374 g/mol. The van der Waals surface area contributed by atoms with Gasteiger partial charge in [-0.15, -0.1) is 0 Å². The van der Waals surface area contributed by atoms with E-state index < -0.39 is 0 Å². The summed E-state index contributed by atoms with van der Waals surface area (Å²) in [7, 11) is 0. The minimum Gasteiger partial charge on any atom is -0.326 e. The van der Waals surface area contributed by atoms with E-state index in [1.165, 1.54) is 6.92 Å². The Morgan fingerprint density at radius 2 is 1.92 bits per heavy atom. The smallest absolute Gasteiger partial charge is 0.259 e. The lowest BCUT2D eigenvalue weighted by atomic mass is 10.2. The minimum atomic E-state index is -0.288. The predicted molar refractivity (Wildman–Crippen MR) is 102 cm³/mol. The fraction of sp³-hybridized carbons (Fsp3) is 0.0556. The molecule has 1 heterocycles. The third-order valence-corrected chi connectivity index (χ3v) is 3.94. The Labute approximate surface area is 153 Å². The van der Waals surface area contributed by atoms with Crippen molar-refractivity contribution in [1.29, 1.82) is 0 Å². The van der Waals surface area contributed by atoms with Crippen LogP contribution in [0.3, 0.4) is 0 Å². The van der Waals surface area contributed by atoms with E-state index in [0.717, 1.165) is 5.56 Å². The van der Waals surface area contributed by atoms with Crippen LogP contribution in [0.5, 0.6) is 0 Å². The number of rotatable bonds is 3. The summed E-state index contributed by atoms with van der Waals surface area (Å²) < 4.78 is 0. The predicted octanol–water partition coefficient (Wildman–Crippen LogP) is 4.27. The first kappa shape index (κ1) is 17.2. The maximum atomic E-state index is 12.2. The molecule has 5 nitrogen and oxygen atoms in total. The number of H-pyrrole nitrogens is 1. The van der Waals surface area contributed by atoms with Crippen LogP contribution in [0.15, 0.2) is 47.3 Å². The third kappa shape index (κ3) is 4.07. The summed E-state index contributed by atoms with van der Waals surface area (Å²) in [6.07, 6.45) is 1.67. The van der Waals surface area contributed by atoms with Gasteiger partial charge in [0.1, 0.15) is 0 Å². The molecule has 2 aromatic carbocycles. The molecule has 0 saturated heterocycles. The van der Waals surface area contributed by atoms with Crippen molar-refractivity contribution in [3.8, 4) is 0 Å². The normalized spacial score (nSPS) is 11.6. The molecule has 0 aliphatic rings. The van der Waals surface area contributed by atoms with Crippen LogP contribution in [0.25, 0.3) is 22.0 Å². The summed E-state index contributed by atoms with van der Waals surface area (Å²) >= 11 is 12.3. The zero-order chi connectivity index (χ0) is 18.0. The van der Waals surface area contributed by atoms with Gasteiger partial charge in [-0.2, -0.15) is 0 Å². The molecule has 0 bridgehead atoms. The van der Waals surface area contributed by atoms with E-state index in [1.54, 1.807) is 48.5 Å². The Morgan fingerprint density at radius 3 is 2.60 bits per heavy atom. The van der Waals surface area contributed by atoms with Crippen molar-refractivity contribution in [3.63, 3.8) is 0 Å². The number of benzene rings is 2. The largest absolute Gasteiger partial charge is 0.326 e. The maximum Gasteiger partial charge on any atom is 0.259 e. The van der Waals surface area contributed by atoms with Crippen molar-refractivity contribution in [2.24, 2.45) is 0 Å². The third-order valence-electron chi connectivity index (χ3n) is 3.42. The maximum absolute atomic E-state index is 12.2. The van der Waals surface area contributed by atoms with E-state index in [9.17, 15) is 9.59 Å². The van der Waals surface area contributed by atoms with Crippen molar-refractivity contribution in [2.75, 3.05) is 5.32 Å². The minimum absolute atomic E-state index is 0.141. The molecule has 7 heteroatoms. The number of carbonyl (C=O) groups is 1. The second-order valence-electron chi connectivity index (χ2n) is 5.37. The van der Waals surface area contributed by atoms with E-state index in [4.69, 9.17) is 23.2 Å². The van der Waals surface area contributed by atoms with E-state index in [2.05, 4.69) is 15.3 Å². The van der Waals surface area contributed by atoms with Crippen LogP contribution in [0.2, 0.25) is 5.02 Å². The number of aromatic amines is 1. The quantitative estimate of drug-likeness (QED) is 0.719. The highest BCUT2D eigenvalue weighted by molar-refractivity contribution is 6.50. The second-order valence-corrected chi connectivity index (χ2v) is 6.22. The lowest BCUT2D eigenvalue weighted by Gasteiger charge is -2.04. The van der Waals surface area contributed by atoms with E-state index >= 15 is 0 Å². The average Bonchev–Trinajstić information content (AvgIpc) is 2.55. The van der Waals surface area contributed by atoms with Crippen molar-refractivity contribution in [1.82, 2.24) is 9.97 Å². The summed E-state index contributed by atoms with van der Waals surface area (Å²) in [6, 6.07) is 12.0. The number of carbonyl (C=O) groups excluding carboxylic acids is 1. The molecule has 0 aliphatic carbocycles. The van der Waals surface area contributed by atoms with E-state index in [1.807, 2.05) is 0 Å². The summed E-state index contributed by atoms with van der Waals surface area (Å²) in [5, 5.41) is 3.90. The number of anilines is 1. The Morgan fingerprint density at radius 1 is 1.20 bits per heavy atom. The van der Waals surface area contributed by atoms with Gasteiger partial charge in [0.15, 0.2) is 5.82 Å². The highest BCUT2D eigenvalue weighted by Crippen LogP contribution is 2.22. The molecule has 2 N–H and O–H groups in total. The molecule has 0 atom stereocenters. The zero-order valence-corrected chi connectivity index (χ0v) is 14.7. The fourth-order valence-corrected chi connectivity index (χ4v) is 2.69. The standard InChI is InChI=1S/C18H13Cl2N3O2/c1-10(24)21-13-5-2-11(3-6-13)8-15(20)17-22-16-9-12(19)4-7-14(16)18(25)23-17/h2-9H,1H3,(H,21,24)(H,22,23,25)/b15-8-. The van der Waals surface area contributed by atoms with E-state index in [0.29, 0.717) is 21.6 Å². The number of fused-ring (bicyclic) bond motifs is 1. The molecule has 0 saturated carbocycles. The van der Waals surface area contributed by atoms with Gasteiger partial charge in [0.25, 0.3) is 5.56 Å². The molecular weight excluding hydrogens is 361 g/mol. The van der Waals surface area contributed by atoms with Gasteiger partial charge in [-0.3, -0.25) is 9.59 Å². The van der Waals surface area contributed by atoms with Crippen molar-refractivity contribution in [3.05, 3.63) is 69.2 Å². The molecule has 1 aromatic heterocycles. The van der Waals surface area contributed by atoms with Crippen LogP contribution in [-0.4, -0.2) is 15.9 Å². The van der Waals surface area contributed by atoms with Gasteiger partial charge in [-0.25, -0.2) is 4.98 Å². The Bertz CT molecular complexity index is 1040. The summed E-state index contributed by atoms with van der Waals surface area (Å²) in [5.74, 6) is 0.116. The SMILES string of the molecule is CC(=O)Nc1ccc(/C=C(\Cl)c2nc3cc(Cl)ccc3c(=O)[nH]2)cc1. The van der Waals surface area contributed by atoms with Crippen LogP contribution in [0.1, 0.15) is 18.3 Å². The number of aromatic nitrogens is 2. The lowest BCUT2D eigenvalue weighted by Crippen LogP contribution is -2.10. The molecule has 3 aromatic rings. The van der Waals surface area contributed by atoms with Gasteiger partial charge in [0.2, 0.25) is 5.91 Å². The van der Waals surface area contributed by atoms with Gasteiger partial charge < -0.3 is 10.3 Å². The monoisotopic (exact) mass is 373 g/mol. The molecule has 0 aliphatic heterocycles. The van der Waals surface area contributed by atoms with Crippen molar-refractivity contribution >= 4 is 56.8 Å². The summed E-state index contributed by atoms with van der Waals surface area (Å²) in [5.41, 5.74) is 1.67. The topological polar surface area (TPSA) is 74.8 Å². The van der Waals surface area contributed by atoms with Gasteiger partial charge in [-0.1, -0.05) is 35.3 Å². The van der Waals surface area contributed by atoms with Crippen LogP contribution < -0.4 is 10.9 Å². The van der Waals surface area contributed by atoms with Gasteiger partial charge in [0.05, 0.1) is 15.9 Å². The van der Waals surface area contributed by atoms with Crippen LogP contribution in [0.4, 0.5) is 5.69 Å². The van der Waals surface area contributed by atoms with Crippen molar-refractivity contribution < 1.29 is 4.79 Å². The molecule has 0 unspecified atom stereocenters. The Balaban J connectivity index is 1.95. The number of nitrogens with zero attached hydrogens (tertiary/aromatic N) is 1. The molecule has 0 radical (unpaired) electrons. The first-order valence-corrected chi connectivity index (χ1v) is 8.13. The highest BCUT2D eigenvalue weighted by atomic mass is 35.5. The first-order chi connectivity index (χ1) is 11.9. The van der Waals surface area contributed by atoms with Crippen LogP contribution >= 0.6 is 23.2 Å². The van der Waals surface area contributed by atoms with Crippen LogP contribution in [0, 0.1) is 0 Å². The molecule has 25 heavy (non-hydrogen) atoms. The number of nitrogens with one attached hydrogen (secondary N) is 2. The lowest BCUT2D eigenvalue weighted by molar-refractivity contribution is -0.114. The molecule has 0 spiro atoms. The molecule has 126 valence electrons. The van der Waals surface area contributed by atoms with E-state index in [-0.39, 0.29) is 22.3 Å². The van der Waals surface area contributed by atoms with Crippen molar-refractivity contribution in [2.45, 2.75) is 6.92 Å². The molecule has 0 fully saturated rings. The number of amides is 1. The number of hydrogen-bond donors (Lipinski definition) is 2. The highest BCUT2D eigenvalue weighted by Gasteiger charge is 2.07. The first-order valence-electron chi connectivity index (χ1n) is 7.37. The van der Waals surface area contributed by atoms with Crippen LogP contribution in [-0.2, 0) is 4.79 Å². The Hall–Kier alpha value is -2.63. The zero-order valence-electron chi connectivity index (χ0n) is 13.1. The molecular formula is C18H13Cl2N3O2. The van der Waals surface area contributed by atoms with Gasteiger partial charge >= 0.3 is 0 Å². The fourth-order valence-electron chi connectivity index (χ4n) is 2.31. The summed E-state index contributed by atoms with van der Waals surface area (Å²) in [6.45, 7) is 1.44. The van der Waals surface area contributed by atoms with Gasteiger partial charge in [-0.05, 0) is 42.0 Å². The second kappa shape index (κ2) is 7.09. The number of halogens is 2. The Kier molecular flexibility index (Phi) is 4.88.